The normalized spacial score (nSPS) is 27.4. The van der Waals surface area contributed by atoms with Crippen molar-refractivity contribution in [2.75, 3.05) is 19.7 Å². The molecule has 4 nitrogen and oxygen atoms in total. The zero-order valence-electron chi connectivity index (χ0n) is 10.8. The first-order valence-electron chi connectivity index (χ1n) is 6.04. The molecule has 0 aromatic heterocycles. The third kappa shape index (κ3) is 2.95. The van der Waals surface area contributed by atoms with Gasteiger partial charge in [0.05, 0.1) is 6.61 Å². The van der Waals surface area contributed by atoms with Crippen LogP contribution in [0.3, 0.4) is 0 Å². The molecule has 94 valence electrons. The molecule has 1 heterocycles. The topological polar surface area (TPSA) is 55.6 Å². The predicted molar refractivity (Wildman–Crippen MR) is 64.0 cm³/mol. The van der Waals surface area contributed by atoms with Gasteiger partial charge in [0.15, 0.2) is 0 Å². The predicted octanol–water partition coefficient (Wildman–Crippen LogP) is 0.997. The van der Waals surface area contributed by atoms with Gasteiger partial charge in [0.2, 0.25) is 0 Å². The van der Waals surface area contributed by atoms with E-state index in [0.29, 0.717) is 6.61 Å². The van der Waals surface area contributed by atoms with Crippen LogP contribution in [0.15, 0.2) is 0 Å². The zero-order valence-corrected chi connectivity index (χ0v) is 10.8. The molecule has 0 aromatic rings. The molecule has 2 N–H and O–H groups in total. The molecule has 1 rings (SSSR count). The van der Waals surface area contributed by atoms with Gasteiger partial charge in [-0.25, -0.2) is 0 Å². The SMILES string of the molecule is CCOC(=O)C(C)N1CCC(N)C(C)(C)C1. The van der Waals surface area contributed by atoms with Crippen LogP contribution in [0.5, 0.6) is 0 Å². The summed E-state index contributed by atoms with van der Waals surface area (Å²) in [7, 11) is 0. The average Bonchev–Trinajstić information content (AvgIpc) is 2.21. The first-order valence-corrected chi connectivity index (χ1v) is 6.04. The Hall–Kier alpha value is -0.610. The van der Waals surface area contributed by atoms with Gasteiger partial charge >= 0.3 is 5.97 Å². The third-order valence-electron chi connectivity index (χ3n) is 3.52. The summed E-state index contributed by atoms with van der Waals surface area (Å²) in [6, 6.07) is 0.0601. The minimum Gasteiger partial charge on any atom is -0.465 e. The Balaban J connectivity index is 2.58. The van der Waals surface area contributed by atoms with Crippen molar-refractivity contribution in [1.82, 2.24) is 4.90 Å². The number of carbonyl (C=O) groups is 1. The molecule has 0 aliphatic carbocycles. The van der Waals surface area contributed by atoms with Crippen molar-refractivity contribution >= 4 is 5.97 Å². The highest BCUT2D eigenvalue weighted by molar-refractivity contribution is 5.75. The van der Waals surface area contributed by atoms with Crippen LogP contribution < -0.4 is 5.73 Å². The van der Waals surface area contributed by atoms with E-state index in [-0.39, 0.29) is 23.5 Å². The van der Waals surface area contributed by atoms with E-state index in [1.54, 1.807) is 0 Å². The minimum atomic E-state index is -0.160. The highest BCUT2D eigenvalue weighted by Gasteiger charge is 2.36. The van der Waals surface area contributed by atoms with Gasteiger partial charge in [0, 0.05) is 19.1 Å². The van der Waals surface area contributed by atoms with E-state index in [1.165, 1.54) is 0 Å². The largest absolute Gasteiger partial charge is 0.465 e. The summed E-state index contributed by atoms with van der Waals surface area (Å²) in [5, 5.41) is 0. The van der Waals surface area contributed by atoms with Crippen LogP contribution >= 0.6 is 0 Å². The molecule has 4 heteroatoms. The van der Waals surface area contributed by atoms with Gasteiger partial charge in [-0.2, -0.15) is 0 Å². The lowest BCUT2D eigenvalue weighted by atomic mass is 9.79. The number of esters is 1. The molecule has 16 heavy (non-hydrogen) atoms. The summed E-state index contributed by atoms with van der Waals surface area (Å²) in [4.78, 5) is 13.8. The Morgan fingerprint density at radius 2 is 2.25 bits per heavy atom. The van der Waals surface area contributed by atoms with Gasteiger partial charge in [-0.1, -0.05) is 13.8 Å². The summed E-state index contributed by atoms with van der Waals surface area (Å²) < 4.78 is 5.04. The highest BCUT2D eigenvalue weighted by Crippen LogP contribution is 2.28. The van der Waals surface area contributed by atoms with Gasteiger partial charge < -0.3 is 10.5 Å². The molecule has 2 atom stereocenters. The molecule has 0 radical (unpaired) electrons. The number of hydrogen-bond donors (Lipinski definition) is 1. The smallest absolute Gasteiger partial charge is 0.323 e. The van der Waals surface area contributed by atoms with Gasteiger partial charge in [-0.05, 0) is 25.7 Å². The maximum Gasteiger partial charge on any atom is 0.323 e. The van der Waals surface area contributed by atoms with Crippen molar-refractivity contribution in [1.29, 1.82) is 0 Å². The Kier molecular flexibility index (Phi) is 4.33. The van der Waals surface area contributed by atoms with E-state index in [0.717, 1.165) is 19.5 Å². The van der Waals surface area contributed by atoms with Crippen LogP contribution in [0.2, 0.25) is 0 Å². The van der Waals surface area contributed by atoms with Crippen LogP contribution in [0, 0.1) is 5.41 Å². The number of rotatable bonds is 3. The molecule has 0 aromatic carbocycles. The molecule has 1 saturated heterocycles. The van der Waals surface area contributed by atoms with Crippen LogP contribution in [0.4, 0.5) is 0 Å². The lowest BCUT2D eigenvalue weighted by Crippen LogP contribution is -2.56. The third-order valence-corrected chi connectivity index (χ3v) is 3.52. The number of hydrogen-bond acceptors (Lipinski definition) is 4. The first kappa shape index (κ1) is 13.5. The van der Waals surface area contributed by atoms with Crippen LogP contribution in [-0.4, -0.2) is 42.6 Å². The second-order valence-electron chi connectivity index (χ2n) is 5.28. The molecule has 0 spiro atoms. The Morgan fingerprint density at radius 3 is 2.75 bits per heavy atom. The molecule has 1 fully saturated rings. The van der Waals surface area contributed by atoms with Crippen molar-refractivity contribution in [2.45, 2.75) is 46.2 Å². The Morgan fingerprint density at radius 1 is 1.62 bits per heavy atom. The van der Waals surface area contributed by atoms with Crippen LogP contribution in [-0.2, 0) is 9.53 Å². The molecule has 0 amide bonds. The molecule has 0 saturated carbocycles. The van der Waals surface area contributed by atoms with Gasteiger partial charge in [0.1, 0.15) is 6.04 Å². The quantitative estimate of drug-likeness (QED) is 0.732. The van der Waals surface area contributed by atoms with Crippen molar-refractivity contribution < 1.29 is 9.53 Å². The van der Waals surface area contributed by atoms with Crippen molar-refractivity contribution in [3.63, 3.8) is 0 Å². The monoisotopic (exact) mass is 228 g/mol. The van der Waals surface area contributed by atoms with Gasteiger partial charge in [-0.15, -0.1) is 0 Å². The second-order valence-corrected chi connectivity index (χ2v) is 5.28. The first-order chi connectivity index (χ1) is 7.38. The standard InChI is InChI=1S/C12H24N2O2/c1-5-16-11(15)9(2)14-7-6-10(13)12(3,4)8-14/h9-10H,5-8,13H2,1-4H3. The summed E-state index contributed by atoms with van der Waals surface area (Å²) in [6.07, 6.45) is 0.941. The fourth-order valence-corrected chi connectivity index (χ4v) is 2.16. The summed E-state index contributed by atoms with van der Waals surface area (Å²) in [6.45, 7) is 10.2. The minimum absolute atomic E-state index is 0.0685. The molecular formula is C12H24N2O2. The van der Waals surface area contributed by atoms with E-state index in [9.17, 15) is 4.79 Å². The van der Waals surface area contributed by atoms with E-state index in [4.69, 9.17) is 10.5 Å². The fraction of sp³-hybridized carbons (Fsp3) is 0.917. The number of nitrogens with two attached hydrogens (primary N) is 1. The molecule has 1 aliphatic heterocycles. The number of piperidine rings is 1. The molecular weight excluding hydrogens is 204 g/mol. The van der Waals surface area contributed by atoms with Crippen molar-refractivity contribution in [3.8, 4) is 0 Å². The summed E-state index contributed by atoms with van der Waals surface area (Å²) >= 11 is 0. The Bertz CT molecular complexity index is 253. The number of likely N-dealkylation sites (tertiary alicyclic amines) is 1. The maximum absolute atomic E-state index is 11.6. The lowest BCUT2D eigenvalue weighted by Gasteiger charge is -2.44. The fourth-order valence-electron chi connectivity index (χ4n) is 2.16. The van der Waals surface area contributed by atoms with Crippen molar-refractivity contribution in [2.24, 2.45) is 11.1 Å². The second kappa shape index (κ2) is 5.15. The van der Waals surface area contributed by atoms with Crippen molar-refractivity contribution in [3.05, 3.63) is 0 Å². The molecule has 1 aliphatic rings. The number of carbonyl (C=O) groups excluding carboxylic acids is 1. The summed E-state index contributed by atoms with van der Waals surface area (Å²) in [5.41, 5.74) is 6.14. The van der Waals surface area contributed by atoms with Gasteiger partial charge in [-0.3, -0.25) is 9.69 Å². The Labute approximate surface area is 98.1 Å². The van der Waals surface area contributed by atoms with Crippen LogP contribution in [0.1, 0.15) is 34.1 Å². The van der Waals surface area contributed by atoms with E-state index in [1.807, 2.05) is 13.8 Å². The van der Waals surface area contributed by atoms with Gasteiger partial charge in [0.25, 0.3) is 0 Å². The van der Waals surface area contributed by atoms with Crippen LogP contribution in [0.25, 0.3) is 0 Å². The highest BCUT2D eigenvalue weighted by atomic mass is 16.5. The summed E-state index contributed by atoms with van der Waals surface area (Å²) in [5.74, 6) is -0.131. The van der Waals surface area contributed by atoms with E-state index in [2.05, 4.69) is 18.7 Å². The van der Waals surface area contributed by atoms with E-state index < -0.39 is 0 Å². The zero-order chi connectivity index (χ0) is 12.3. The number of ether oxygens (including phenoxy) is 1. The average molecular weight is 228 g/mol. The molecule has 2 unspecified atom stereocenters. The van der Waals surface area contributed by atoms with E-state index >= 15 is 0 Å². The number of nitrogens with zero attached hydrogens (tertiary/aromatic N) is 1. The molecule has 0 bridgehead atoms. The maximum atomic E-state index is 11.6. The lowest BCUT2D eigenvalue weighted by molar-refractivity contribution is -0.150.